The van der Waals surface area contributed by atoms with E-state index in [9.17, 15) is 0 Å². The van der Waals surface area contributed by atoms with Crippen LogP contribution in [0.5, 0.6) is 0 Å². The van der Waals surface area contributed by atoms with Crippen molar-refractivity contribution in [1.29, 1.82) is 5.41 Å². The lowest BCUT2D eigenvalue weighted by molar-refractivity contribution is 0.700. The Morgan fingerprint density at radius 2 is 1.96 bits per heavy atom. The number of fused-ring (bicyclic) bond motifs is 1. The second-order valence-corrected chi connectivity index (χ2v) is 7.05. The van der Waals surface area contributed by atoms with E-state index in [0.29, 0.717) is 5.71 Å². The van der Waals surface area contributed by atoms with Crippen molar-refractivity contribution in [2.75, 3.05) is 12.4 Å². The molecule has 0 amide bonds. The molecule has 140 valence electrons. The summed E-state index contributed by atoms with van der Waals surface area (Å²) in [6, 6.07) is 18.5. The first-order valence-electron chi connectivity index (χ1n) is 9.47. The lowest BCUT2D eigenvalue weighted by Crippen LogP contribution is -2.32. The van der Waals surface area contributed by atoms with Gasteiger partial charge in [0.2, 0.25) is 0 Å². The predicted octanol–water partition coefficient (Wildman–Crippen LogP) is 4.76. The molecule has 1 aliphatic rings. The monoisotopic (exact) mass is 368 g/mol. The molecule has 2 unspecified atom stereocenters. The maximum atomic E-state index is 9.14. The van der Waals surface area contributed by atoms with Gasteiger partial charge in [-0.25, -0.2) is 0 Å². The van der Waals surface area contributed by atoms with Crippen LogP contribution in [-0.2, 0) is 6.54 Å². The maximum absolute atomic E-state index is 9.14. The predicted molar refractivity (Wildman–Crippen MR) is 116 cm³/mol. The number of rotatable bonds is 5. The molecular formula is C24H24N4. The lowest BCUT2D eigenvalue weighted by atomic mass is 9.76. The number of hydrogen-bond donors (Lipinski definition) is 3. The molecule has 2 heterocycles. The molecular weight excluding hydrogens is 344 g/mol. The van der Waals surface area contributed by atoms with E-state index < -0.39 is 0 Å². The maximum Gasteiger partial charge on any atom is 0.0653 e. The first-order valence-corrected chi connectivity index (χ1v) is 9.47. The molecule has 2 aromatic carbocycles. The van der Waals surface area contributed by atoms with E-state index in [1.165, 1.54) is 5.56 Å². The third-order valence-corrected chi connectivity index (χ3v) is 5.28. The van der Waals surface area contributed by atoms with Gasteiger partial charge in [0.25, 0.3) is 0 Å². The van der Waals surface area contributed by atoms with Gasteiger partial charge in [-0.2, -0.15) is 0 Å². The van der Waals surface area contributed by atoms with Crippen LogP contribution in [0.1, 0.15) is 39.8 Å². The zero-order chi connectivity index (χ0) is 19.5. The molecule has 0 bridgehead atoms. The lowest BCUT2D eigenvalue weighted by Gasteiger charge is -2.36. The molecule has 0 radical (unpaired) electrons. The summed E-state index contributed by atoms with van der Waals surface area (Å²) in [5, 5.41) is 16.0. The van der Waals surface area contributed by atoms with E-state index in [0.717, 1.165) is 34.5 Å². The van der Waals surface area contributed by atoms with Gasteiger partial charge in [-0.05, 0) is 41.4 Å². The molecule has 0 fully saturated rings. The highest BCUT2D eigenvalue weighted by Crippen LogP contribution is 2.43. The molecule has 0 saturated carbocycles. The smallest absolute Gasteiger partial charge is 0.0653 e. The van der Waals surface area contributed by atoms with Crippen LogP contribution in [0.4, 0.5) is 5.69 Å². The highest BCUT2D eigenvalue weighted by atomic mass is 15.0. The second kappa shape index (κ2) is 7.79. The number of hydrogen-bond acceptors (Lipinski definition) is 4. The Hall–Kier alpha value is -3.24. The highest BCUT2D eigenvalue weighted by molar-refractivity contribution is 6.12. The van der Waals surface area contributed by atoms with Gasteiger partial charge < -0.3 is 16.0 Å². The number of anilines is 1. The van der Waals surface area contributed by atoms with E-state index in [1.54, 1.807) is 6.20 Å². The SMILES string of the molecule is C=Cc1cccc2c1C(=N)C(c1cccc(CNC)c1)C(c1cccnc1)N2. The van der Waals surface area contributed by atoms with Gasteiger partial charge in [0.15, 0.2) is 0 Å². The Balaban J connectivity index is 1.88. The summed E-state index contributed by atoms with van der Waals surface area (Å²) in [6.45, 7) is 4.74. The highest BCUT2D eigenvalue weighted by Gasteiger charge is 2.36. The van der Waals surface area contributed by atoms with Gasteiger partial charge in [0, 0.05) is 30.2 Å². The van der Waals surface area contributed by atoms with Crippen molar-refractivity contribution < 1.29 is 0 Å². The molecule has 3 N–H and O–H groups in total. The Kier molecular flexibility index (Phi) is 5.04. The first kappa shape index (κ1) is 18.1. The van der Waals surface area contributed by atoms with E-state index in [4.69, 9.17) is 5.41 Å². The Bertz CT molecular complexity index is 1010. The standard InChI is InChI=1S/C24H24N4/c1-3-17-8-5-11-20-21(17)23(25)22(18-9-4-7-16(13-18)14-26-2)24(28-20)19-10-6-12-27-15-19/h3-13,15,22,24-26,28H,1,14H2,2H3. The number of benzene rings is 2. The number of pyridine rings is 1. The largest absolute Gasteiger partial charge is 0.377 e. The molecule has 28 heavy (non-hydrogen) atoms. The van der Waals surface area contributed by atoms with Gasteiger partial charge in [0.05, 0.1) is 17.7 Å². The third kappa shape index (κ3) is 3.23. The van der Waals surface area contributed by atoms with E-state index in [1.807, 2.05) is 43.6 Å². The van der Waals surface area contributed by atoms with Crippen LogP contribution < -0.4 is 10.6 Å². The molecule has 3 aromatic rings. The van der Waals surface area contributed by atoms with Gasteiger partial charge in [-0.1, -0.05) is 55.1 Å². The quantitative estimate of drug-likeness (QED) is 0.608. The van der Waals surface area contributed by atoms with Gasteiger partial charge in [-0.15, -0.1) is 0 Å². The van der Waals surface area contributed by atoms with E-state index in [2.05, 4.69) is 52.5 Å². The number of aromatic nitrogens is 1. The molecule has 0 saturated heterocycles. The third-order valence-electron chi connectivity index (χ3n) is 5.28. The fourth-order valence-corrected chi connectivity index (χ4v) is 4.03. The van der Waals surface area contributed by atoms with Crippen LogP contribution in [0.3, 0.4) is 0 Å². The average molecular weight is 368 g/mol. The summed E-state index contributed by atoms with van der Waals surface area (Å²) >= 11 is 0. The van der Waals surface area contributed by atoms with Gasteiger partial charge >= 0.3 is 0 Å². The minimum absolute atomic E-state index is 0.0569. The second-order valence-electron chi connectivity index (χ2n) is 7.05. The molecule has 0 aliphatic carbocycles. The first-order chi connectivity index (χ1) is 13.7. The van der Waals surface area contributed by atoms with Gasteiger partial charge in [0.1, 0.15) is 0 Å². The topological polar surface area (TPSA) is 60.8 Å². The van der Waals surface area contributed by atoms with E-state index in [-0.39, 0.29) is 12.0 Å². The van der Waals surface area contributed by atoms with Crippen LogP contribution in [-0.4, -0.2) is 17.7 Å². The van der Waals surface area contributed by atoms with Crippen molar-refractivity contribution in [2.24, 2.45) is 0 Å². The van der Waals surface area contributed by atoms with E-state index >= 15 is 0 Å². The fraction of sp³-hybridized carbons (Fsp3) is 0.167. The summed E-state index contributed by atoms with van der Waals surface area (Å²) < 4.78 is 0. The summed E-state index contributed by atoms with van der Waals surface area (Å²) in [5.41, 5.74) is 6.91. The molecule has 4 nitrogen and oxygen atoms in total. The van der Waals surface area contributed by atoms with Crippen molar-refractivity contribution in [3.63, 3.8) is 0 Å². The van der Waals surface area contributed by atoms with Crippen molar-refractivity contribution >= 4 is 17.5 Å². The van der Waals surface area contributed by atoms with Crippen molar-refractivity contribution in [1.82, 2.24) is 10.3 Å². The number of nitrogens with one attached hydrogen (secondary N) is 3. The molecule has 1 aromatic heterocycles. The van der Waals surface area contributed by atoms with Crippen LogP contribution in [0, 0.1) is 5.41 Å². The van der Waals surface area contributed by atoms with Crippen molar-refractivity contribution in [2.45, 2.75) is 18.5 Å². The Morgan fingerprint density at radius 3 is 2.71 bits per heavy atom. The van der Waals surface area contributed by atoms with Crippen molar-refractivity contribution in [3.05, 3.63) is 101 Å². The van der Waals surface area contributed by atoms with Crippen LogP contribution in [0.2, 0.25) is 0 Å². The Labute approximate surface area is 165 Å². The van der Waals surface area contributed by atoms with Gasteiger partial charge in [-0.3, -0.25) is 4.98 Å². The van der Waals surface area contributed by atoms with Crippen LogP contribution in [0.15, 0.2) is 73.6 Å². The minimum Gasteiger partial charge on any atom is -0.377 e. The molecule has 4 rings (SSSR count). The zero-order valence-electron chi connectivity index (χ0n) is 15.9. The average Bonchev–Trinajstić information content (AvgIpc) is 2.74. The Morgan fingerprint density at radius 1 is 1.14 bits per heavy atom. The summed E-state index contributed by atoms with van der Waals surface area (Å²) in [7, 11) is 1.95. The van der Waals surface area contributed by atoms with Crippen LogP contribution >= 0.6 is 0 Å². The molecule has 0 spiro atoms. The summed E-state index contributed by atoms with van der Waals surface area (Å²) in [6.07, 6.45) is 5.50. The molecule has 4 heteroatoms. The normalized spacial score (nSPS) is 18.2. The molecule has 1 aliphatic heterocycles. The van der Waals surface area contributed by atoms with Crippen molar-refractivity contribution in [3.8, 4) is 0 Å². The molecule has 2 atom stereocenters. The fourth-order valence-electron chi connectivity index (χ4n) is 4.03. The minimum atomic E-state index is -0.116. The van der Waals surface area contributed by atoms with Crippen LogP contribution in [0.25, 0.3) is 6.08 Å². The number of nitrogens with zero attached hydrogens (tertiary/aromatic N) is 1. The summed E-state index contributed by atoms with van der Waals surface area (Å²) in [5.74, 6) is -0.116. The summed E-state index contributed by atoms with van der Waals surface area (Å²) in [4.78, 5) is 4.31. The zero-order valence-corrected chi connectivity index (χ0v) is 15.9.